The molecule has 0 aliphatic rings. The van der Waals surface area contributed by atoms with Gasteiger partial charge in [-0.2, -0.15) is 5.10 Å². The maximum atomic E-state index is 12.0. The second-order valence-corrected chi connectivity index (χ2v) is 4.97. The van der Waals surface area contributed by atoms with Crippen molar-refractivity contribution in [3.05, 3.63) is 51.2 Å². The summed E-state index contributed by atoms with van der Waals surface area (Å²) in [6.07, 6.45) is 2.11. The van der Waals surface area contributed by atoms with E-state index in [2.05, 4.69) is 21.0 Å². The highest BCUT2D eigenvalue weighted by Gasteiger charge is 2.10. The first-order valence-electron chi connectivity index (χ1n) is 5.03. The topological polar surface area (TPSA) is 34.9 Å². The number of halogens is 2. The van der Waals surface area contributed by atoms with Gasteiger partial charge < -0.3 is 0 Å². The summed E-state index contributed by atoms with van der Waals surface area (Å²) in [6.45, 7) is 0. The Kier molecular flexibility index (Phi) is 3.64. The fraction of sp³-hybridized carbons (Fsp3) is 0.167. The summed E-state index contributed by atoms with van der Waals surface area (Å²) in [7, 11) is 1.82. The SMILES string of the molecule is Cn1ccc(CC(=O)c2ccc(Br)c(Cl)c2)n1. The molecular formula is C12H10BrClN2O. The largest absolute Gasteiger partial charge is 0.294 e. The molecule has 0 saturated heterocycles. The lowest BCUT2D eigenvalue weighted by molar-refractivity contribution is 0.0992. The van der Waals surface area contributed by atoms with E-state index in [0.717, 1.165) is 10.2 Å². The molecule has 17 heavy (non-hydrogen) atoms. The van der Waals surface area contributed by atoms with Crippen LogP contribution in [0.1, 0.15) is 16.1 Å². The molecule has 0 radical (unpaired) electrons. The van der Waals surface area contributed by atoms with E-state index in [4.69, 9.17) is 11.6 Å². The molecule has 0 amide bonds. The Labute approximate surface area is 113 Å². The van der Waals surface area contributed by atoms with Crippen LogP contribution in [0.25, 0.3) is 0 Å². The Bertz CT molecular complexity index is 565. The molecule has 0 bridgehead atoms. The number of nitrogens with zero attached hydrogens (tertiary/aromatic N) is 2. The molecule has 1 heterocycles. The predicted molar refractivity (Wildman–Crippen MR) is 70.4 cm³/mol. The van der Waals surface area contributed by atoms with Crippen molar-refractivity contribution in [2.45, 2.75) is 6.42 Å². The third-order valence-electron chi connectivity index (χ3n) is 2.35. The first-order valence-corrected chi connectivity index (χ1v) is 6.20. The number of Topliss-reactive ketones (excluding diaryl/α,β-unsaturated/α-hetero) is 1. The lowest BCUT2D eigenvalue weighted by Crippen LogP contribution is -2.04. The van der Waals surface area contributed by atoms with Crippen molar-refractivity contribution in [2.75, 3.05) is 0 Å². The van der Waals surface area contributed by atoms with Gasteiger partial charge in [-0.3, -0.25) is 9.48 Å². The third kappa shape index (κ3) is 2.96. The highest BCUT2D eigenvalue weighted by molar-refractivity contribution is 9.10. The van der Waals surface area contributed by atoms with E-state index in [1.54, 1.807) is 22.9 Å². The zero-order valence-corrected chi connectivity index (χ0v) is 11.5. The van der Waals surface area contributed by atoms with Crippen LogP contribution in [-0.4, -0.2) is 15.6 Å². The van der Waals surface area contributed by atoms with E-state index in [1.165, 1.54) is 0 Å². The van der Waals surface area contributed by atoms with Crippen LogP contribution in [0.4, 0.5) is 0 Å². The van der Waals surface area contributed by atoms with Crippen LogP contribution in [-0.2, 0) is 13.5 Å². The van der Waals surface area contributed by atoms with Crippen molar-refractivity contribution in [3.63, 3.8) is 0 Å². The smallest absolute Gasteiger partial charge is 0.168 e. The van der Waals surface area contributed by atoms with Gasteiger partial charge in [0.25, 0.3) is 0 Å². The van der Waals surface area contributed by atoms with Crippen LogP contribution in [0.5, 0.6) is 0 Å². The van der Waals surface area contributed by atoms with Crippen LogP contribution < -0.4 is 0 Å². The highest BCUT2D eigenvalue weighted by Crippen LogP contribution is 2.23. The van der Waals surface area contributed by atoms with Gasteiger partial charge in [-0.1, -0.05) is 17.7 Å². The molecule has 1 aromatic heterocycles. The summed E-state index contributed by atoms with van der Waals surface area (Å²) < 4.78 is 2.46. The average molecular weight is 314 g/mol. The maximum absolute atomic E-state index is 12.0. The number of benzene rings is 1. The van der Waals surface area contributed by atoms with Gasteiger partial charge >= 0.3 is 0 Å². The van der Waals surface area contributed by atoms with Crippen molar-refractivity contribution in [1.82, 2.24) is 9.78 Å². The molecule has 3 nitrogen and oxygen atoms in total. The first-order chi connectivity index (χ1) is 8.06. The third-order valence-corrected chi connectivity index (χ3v) is 3.58. The zero-order valence-electron chi connectivity index (χ0n) is 9.15. The minimum Gasteiger partial charge on any atom is -0.294 e. The summed E-state index contributed by atoms with van der Waals surface area (Å²) in [4.78, 5) is 12.0. The van der Waals surface area contributed by atoms with E-state index in [9.17, 15) is 4.79 Å². The fourth-order valence-corrected chi connectivity index (χ4v) is 1.92. The van der Waals surface area contributed by atoms with Gasteiger partial charge in [0.2, 0.25) is 0 Å². The number of ketones is 1. The minimum atomic E-state index is 0.0121. The zero-order chi connectivity index (χ0) is 12.4. The monoisotopic (exact) mass is 312 g/mol. The van der Waals surface area contributed by atoms with Gasteiger partial charge in [-0.15, -0.1) is 0 Å². The predicted octanol–water partition coefficient (Wildman–Crippen LogP) is 3.26. The molecule has 0 unspecified atom stereocenters. The molecule has 2 rings (SSSR count). The molecule has 0 atom stereocenters. The Morgan fingerprint density at radius 2 is 2.24 bits per heavy atom. The number of aryl methyl sites for hydroxylation is 1. The van der Waals surface area contributed by atoms with E-state index < -0.39 is 0 Å². The second-order valence-electron chi connectivity index (χ2n) is 3.71. The van der Waals surface area contributed by atoms with Crippen molar-refractivity contribution < 1.29 is 4.79 Å². The van der Waals surface area contributed by atoms with Crippen LogP contribution in [0.3, 0.4) is 0 Å². The quantitative estimate of drug-likeness (QED) is 0.815. The summed E-state index contributed by atoms with van der Waals surface area (Å²) in [5.74, 6) is 0.0121. The van der Waals surface area contributed by atoms with Gasteiger partial charge in [-0.25, -0.2) is 0 Å². The summed E-state index contributed by atoms with van der Waals surface area (Å²) in [5, 5.41) is 4.71. The van der Waals surface area contributed by atoms with Crippen molar-refractivity contribution in [2.24, 2.45) is 7.05 Å². The van der Waals surface area contributed by atoms with E-state index in [1.807, 2.05) is 19.3 Å². The molecule has 0 N–H and O–H groups in total. The Morgan fingerprint density at radius 1 is 1.47 bits per heavy atom. The van der Waals surface area contributed by atoms with Gasteiger partial charge in [0.1, 0.15) is 0 Å². The van der Waals surface area contributed by atoms with Crippen molar-refractivity contribution in [3.8, 4) is 0 Å². The Balaban J connectivity index is 2.17. The number of hydrogen-bond acceptors (Lipinski definition) is 2. The number of aromatic nitrogens is 2. The molecule has 1 aromatic carbocycles. The molecule has 0 aliphatic carbocycles. The number of rotatable bonds is 3. The van der Waals surface area contributed by atoms with Crippen molar-refractivity contribution >= 4 is 33.3 Å². The first kappa shape index (κ1) is 12.3. The number of carbonyl (C=O) groups is 1. The summed E-state index contributed by atoms with van der Waals surface area (Å²) in [5.41, 5.74) is 1.36. The van der Waals surface area contributed by atoms with E-state index >= 15 is 0 Å². The molecule has 0 spiro atoms. The molecule has 0 aliphatic heterocycles. The molecule has 2 aromatic rings. The Morgan fingerprint density at radius 3 is 2.82 bits per heavy atom. The molecule has 0 fully saturated rings. The maximum Gasteiger partial charge on any atom is 0.168 e. The van der Waals surface area contributed by atoms with Crippen molar-refractivity contribution in [1.29, 1.82) is 0 Å². The van der Waals surface area contributed by atoms with Crippen LogP contribution in [0.2, 0.25) is 5.02 Å². The molecule has 0 saturated carbocycles. The lowest BCUT2D eigenvalue weighted by atomic mass is 10.1. The number of hydrogen-bond donors (Lipinski definition) is 0. The average Bonchev–Trinajstić information content (AvgIpc) is 2.68. The van der Waals surface area contributed by atoms with E-state index in [-0.39, 0.29) is 5.78 Å². The van der Waals surface area contributed by atoms with Crippen LogP contribution in [0.15, 0.2) is 34.9 Å². The molecular weight excluding hydrogens is 304 g/mol. The second kappa shape index (κ2) is 5.02. The highest BCUT2D eigenvalue weighted by atomic mass is 79.9. The molecule has 88 valence electrons. The van der Waals surface area contributed by atoms with Gasteiger partial charge in [0.15, 0.2) is 5.78 Å². The van der Waals surface area contributed by atoms with Crippen LogP contribution in [0, 0.1) is 0 Å². The Hall–Kier alpha value is -1.13. The summed E-state index contributed by atoms with van der Waals surface area (Å²) in [6, 6.07) is 7.02. The molecule has 5 heteroatoms. The number of carbonyl (C=O) groups excluding carboxylic acids is 1. The van der Waals surface area contributed by atoms with E-state index in [0.29, 0.717) is 17.0 Å². The standard InChI is InChI=1S/C12H10BrClN2O/c1-16-5-4-9(15-16)7-12(17)8-2-3-10(13)11(14)6-8/h2-6H,7H2,1H3. The van der Waals surface area contributed by atoms with Crippen LogP contribution >= 0.6 is 27.5 Å². The lowest BCUT2D eigenvalue weighted by Gasteiger charge is -2.01. The van der Waals surface area contributed by atoms with Gasteiger partial charge in [-0.05, 0) is 34.1 Å². The summed E-state index contributed by atoms with van der Waals surface area (Å²) >= 11 is 9.24. The minimum absolute atomic E-state index is 0.0121. The van der Waals surface area contributed by atoms with Gasteiger partial charge in [0.05, 0.1) is 17.1 Å². The van der Waals surface area contributed by atoms with Gasteiger partial charge in [0, 0.05) is 23.3 Å². The fourth-order valence-electron chi connectivity index (χ4n) is 1.49. The normalized spacial score (nSPS) is 10.5.